The first kappa shape index (κ1) is 14.6. The molecule has 1 saturated heterocycles. The van der Waals surface area contributed by atoms with Gasteiger partial charge in [-0.1, -0.05) is 6.07 Å². The molecule has 21 heavy (non-hydrogen) atoms. The topological polar surface area (TPSA) is 60.0 Å². The summed E-state index contributed by atoms with van der Waals surface area (Å²) in [5.41, 5.74) is 0.559. The largest absolute Gasteiger partial charge is 0.454 e. The first-order valence-corrected chi connectivity index (χ1v) is 7.57. The van der Waals surface area contributed by atoms with Gasteiger partial charge in [-0.05, 0) is 37.5 Å². The van der Waals surface area contributed by atoms with Crippen LogP contribution in [0.4, 0.5) is 0 Å². The van der Waals surface area contributed by atoms with E-state index in [1.54, 1.807) is 0 Å². The maximum absolute atomic E-state index is 10.2. The van der Waals surface area contributed by atoms with Gasteiger partial charge in [0.25, 0.3) is 0 Å². The van der Waals surface area contributed by atoms with E-state index in [9.17, 15) is 5.11 Å². The summed E-state index contributed by atoms with van der Waals surface area (Å²) in [6.45, 7) is 4.15. The Labute approximate surface area is 125 Å². The molecule has 0 radical (unpaired) electrons. The molecule has 2 N–H and O–H groups in total. The molecule has 1 fully saturated rings. The van der Waals surface area contributed by atoms with E-state index in [4.69, 9.17) is 14.2 Å². The van der Waals surface area contributed by atoms with E-state index in [0.29, 0.717) is 32.6 Å². The molecule has 1 aromatic rings. The predicted molar refractivity (Wildman–Crippen MR) is 78.7 cm³/mol. The highest BCUT2D eigenvalue weighted by molar-refractivity contribution is 5.44. The lowest BCUT2D eigenvalue weighted by atomic mass is 10.0. The van der Waals surface area contributed by atoms with Gasteiger partial charge in [-0.3, -0.25) is 0 Å². The average molecular weight is 293 g/mol. The molecule has 3 rings (SSSR count). The fraction of sp³-hybridized carbons (Fsp3) is 0.625. The maximum atomic E-state index is 10.2. The lowest BCUT2D eigenvalue weighted by Gasteiger charge is -2.23. The highest BCUT2D eigenvalue weighted by atomic mass is 16.7. The first-order valence-electron chi connectivity index (χ1n) is 7.57. The van der Waals surface area contributed by atoms with Crippen LogP contribution in [0.2, 0.25) is 0 Å². The van der Waals surface area contributed by atoms with Crippen LogP contribution < -0.4 is 14.8 Å². The zero-order valence-corrected chi connectivity index (χ0v) is 12.4. The summed E-state index contributed by atoms with van der Waals surface area (Å²) < 4.78 is 15.9. The molecule has 0 saturated carbocycles. The van der Waals surface area contributed by atoms with Crippen LogP contribution in [-0.4, -0.2) is 43.3 Å². The second-order valence-electron chi connectivity index (χ2n) is 6.04. The van der Waals surface area contributed by atoms with Gasteiger partial charge < -0.3 is 24.6 Å². The summed E-state index contributed by atoms with van der Waals surface area (Å²) in [5.74, 6) is 1.67. The Bertz CT molecular complexity index is 485. The number of nitrogens with one attached hydrogen (secondary N) is 1. The van der Waals surface area contributed by atoms with E-state index in [0.717, 1.165) is 30.8 Å². The van der Waals surface area contributed by atoms with Gasteiger partial charge in [-0.2, -0.15) is 0 Å². The van der Waals surface area contributed by atoms with Crippen molar-refractivity contribution < 1.29 is 19.3 Å². The number of benzene rings is 1. The summed E-state index contributed by atoms with van der Waals surface area (Å²) >= 11 is 0. The Morgan fingerprint density at radius 1 is 1.33 bits per heavy atom. The fourth-order valence-electron chi connectivity index (χ4n) is 2.68. The Kier molecular flexibility index (Phi) is 4.33. The van der Waals surface area contributed by atoms with Crippen molar-refractivity contribution in [1.29, 1.82) is 0 Å². The van der Waals surface area contributed by atoms with Crippen molar-refractivity contribution in [2.24, 2.45) is 0 Å². The van der Waals surface area contributed by atoms with Crippen molar-refractivity contribution in [1.82, 2.24) is 5.32 Å². The van der Waals surface area contributed by atoms with Crippen LogP contribution in [0.3, 0.4) is 0 Å². The van der Waals surface area contributed by atoms with E-state index in [1.165, 1.54) is 5.56 Å². The number of rotatable bonds is 6. The summed E-state index contributed by atoms with van der Waals surface area (Å²) in [5, 5.41) is 13.6. The average Bonchev–Trinajstić information content (AvgIpc) is 3.11. The van der Waals surface area contributed by atoms with Gasteiger partial charge >= 0.3 is 0 Å². The van der Waals surface area contributed by atoms with Crippen molar-refractivity contribution in [3.05, 3.63) is 23.8 Å². The minimum Gasteiger partial charge on any atom is -0.454 e. The van der Waals surface area contributed by atoms with Gasteiger partial charge in [0.05, 0.1) is 6.61 Å². The van der Waals surface area contributed by atoms with E-state index in [-0.39, 0.29) is 0 Å². The molecule has 116 valence electrons. The number of aliphatic hydroxyl groups is 1. The molecule has 1 aromatic carbocycles. The van der Waals surface area contributed by atoms with E-state index in [1.807, 2.05) is 12.1 Å². The molecule has 2 atom stereocenters. The number of aryl methyl sites for hydroxylation is 1. The SMILES string of the molecule is CC(CCc1ccc2c(c1)OCO2)NCC1(O)CCOC1. The minimum absolute atomic E-state index is 0.317. The lowest BCUT2D eigenvalue weighted by molar-refractivity contribution is 0.0250. The zero-order valence-electron chi connectivity index (χ0n) is 12.4. The number of fused-ring (bicyclic) bond motifs is 1. The first-order chi connectivity index (χ1) is 10.1. The van der Waals surface area contributed by atoms with Crippen molar-refractivity contribution >= 4 is 0 Å². The Balaban J connectivity index is 1.44. The van der Waals surface area contributed by atoms with Crippen LogP contribution in [-0.2, 0) is 11.2 Å². The summed E-state index contributed by atoms with van der Waals surface area (Å²) in [6.07, 6.45) is 2.70. The third kappa shape index (κ3) is 3.67. The molecule has 0 spiro atoms. The standard InChI is InChI=1S/C16H23NO4/c1-12(17-9-16(18)6-7-19-10-16)2-3-13-4-5-14-15(8-13)21-11-20-14/h4-5,8,12,17-18H,2-3,6-7,9-11H2,1H3. The van der Waals surface area contributed by atoms with Gasteiger partial charge in [-0.15, -0.1) is 0 Å². The van der Waals surface area contributed by atoms with Gasteiger partial charge in [0.2, 0.25) is 6.79 Å². The molecule has 0 aliphatic carbocycles. The third-order valence-corrected chi connectivity index (χ3v) is 4.17. The van der Waals surface area contributed by atoms with Crippen LogP contribution in [0.25, 0.3) is 0 Å². The second kappa shape index (κ2) is 6.22. The second-order valence-corrected chi connectivity index (χ2v) is 6.04. The highest BCUT2D eigenvalue weighted by Gasteiger charge is 2.32. The quantitative estimate of drug-likeness (QED) is 0.832. The van der Waals surface area contributed by atoms with Gasteiger partial charge in [0.15, 0.2) is 11.5 Å². The van der Waals surface area contributed by atoms with Gasteiger partial charge in [-0.25, -0.2) is 0 Å². The van der Waals surface area contributed by atoms with Crippen LogP contribution >= 0.6 is 0 Å². The van der Waals surface area contributed by atoms with Crippen LogP contribution in [0, 0.1) is 0 Å². The number of ether oxygens (including phenoxy) is 3. The molecule has 0 aromatic heterocycles. The molecular formula is C16H23NO4. The molecule has 2 aliphatic heterocycles. The van der Waals surface area contributed by atoms with Crippen molar-refractivity contribution in [3.8, 4) is 11.5 Å². The predicted octanol–water partition coefficient (Wildman–Crippen LogP) is 1.48. The molecule has 2 unspecified atom stereocenters. The summed E-state index contributed by atoms with van der Waals surface area (Å²) in [6, 6.07) is 6.44. The molecule has 0 bridgehead atoms. The van der Waals surface area contributed by atoms with Crippen LogP contribution in [0.5, 0.6) is 11.5 Å². The number of hydrogen-bond donors (Lipinski definition) is 2. The molecular weight excluding hydrogens is 270 g/mol. The summed E-state index contributed by atoms with van der Waals surface area (Å²) in [4.78, 5) is 0. The Hall–Kier alpha value is -1.30. The Morgan fingerprint density at radius 3 is 3.00 bits per heavy atom. The van der Waals surface area contributed by atoms with Crippen LogP contribution in [0.15, 0.2) is 18.2 Å². The van der Waals surface area contributed by atoms with Gasteiger partial charge in [0.1, 0.15) is 5.60 Å². The Morgan fingerprint density at radius 2 is 2.19 bits per heavy atom. The van der Waals surface area contributed by atoms with Crippen LogP contribution in [0.1, 0.15) is 25.3 Å². The molecule has 0 amide bonds. The van der Waals surface area contributed by atoms with Crippen molar-refractivity contribution in [2.45, 2.75) is 37.8 Å². The van der Waals surface area contributed by atoms with E-state index >= 15 is 0 Å². The van der Waals surface area contributed by atoms with Gasteiger partial charge in [0, 0.05) is 25.6 Å². The monoisotopic (exact) mass is 293 g/mol. The lowest BCUT2D eigenvalue weighted by Crippen LogP contribution is -2.44. The third-order valence-electron chi connectivity index (χ3n) is 4.17. The smallest absolute Gasteiger partial charge is 0.231 e. The van der Waals surface area contributed by atoms with E-state index in [2.05, 4.69) is 18.3 Å². The molecule has 2 heterocycles. The zero-order chi connectivity index (χ0) is 14.7. The van der Waals surface area contributed by atoms with Crippen molar-refractivity contribution in [2.75, 3.05) is 26.6 Å². The molecule has 5 nitrogen and oxygen atoms in total. The molecule has 5 heteroatoms. The van der Waals surface area contributed by atoms with Crippen molar-refractivity contribution in [3.63, 3.8) is 0 Å². The summed E-state index contributed by atoms with van der Waals surface area (Å²) in [7, 11) is 0. The highest BCUT2D eigenvalue weighted by Crippen LogP contribution is 2.32. The van der Waals surface area contributed by atoms with E-state index < -0.39 is 5.60 Å². The normalized spacial score (nSPS) is 25.2. The fourth-order valence-corrected chi connectivity index (χ4v) is 2.68. The minimum atomic E-state index is -0.687. The number of hydrogen-bond acceptors (Lipinski definition) is 5. The maximum Gasteiger partial charge on any atom is 0.231 e. The molecule has 2 aliphatic rings.